The highest BCUT2D eigenvalue weighted by molar-refractivity contribution is 5.79. The summed E-state index contributed by atoms with van der Waals surface area (Å²) < 4.78 is 13.6. The smallest absolute Gasteiger partial charge is 0.191 e. The molecular weight excluding hydrogens is 255 g/mol. The van der Waals surface area contributed by atoms with Crippen molar-refractivity contribution in [1.29, 1.82) is 5.26 Å². The van der Waals surface area contributed by atoms with E-state index in [-0.39, 0.29) is 12.4 Å². The molecule has 1 aromatic carbocycles. The van der Waals surface area contributed by atoms with Gasteiger partial charge in [-0.1, -0.05) is 13.3 Å². The van der Waals surface area contributed by atoms with Crippen molar-refractivity contribution in [2.24, 2.45) is 4.99 Å². The second kappa shape index (κ2) is 8.92. The molecular formula is C15H21FN4. The van der Waals surface area contributed by atoms with E-state index in [9.17, 15) is 4.39 Å². The molecule has 0 unspecified atom stereocenters. The number of guanidine groups is 1. The lowest BCUT2D eigenvalue weighted by Crippen LogP contribution is -2.37. The maximum Gasteiger partial charge on any atom is 0.191 e. The first kappa shape index (κ1) is 16.0. The number of nitrogens with zero attached hydrogens (tertiary/aromatic N) is 2. The molecule has 0 amide bonds. The Morgan fingerprint density at radius 2 is 2.15 bits per heavy atom. The first-order valence-electron chi connectivity index (χ1n) is 6.92. The Balaban J connectivity index is 2.73. The fourth-order valence-corrected chi connectivity index (χ4v) is 1.65. The van der Waals surface area contributed by atoms with Gasteiger partial charge in [0.2, 0.25) is 0 Å². The van der Waals surface area contributed by atoms with Gasteiger partial charge in [0.1, 0.15) is 5.82 Å². The maximum absolute atomic E-state index is 13.6. The molecule has 0 heterocycles. The Bertz CT molecular complexity index is 491. The number of halogens is 1. The van der Waals surface area contributed by atoms with Crippen LogP contribution in [0.15, 0.2) is 23.2 Å². The summed E-state index contributed by atoms with van der Waals surface area (Å²) >= 11 is 0. The number of nitriles is 1. The Kier molecular flexibility index (Phi) is 7.12. The average molecular weight is 276 g/mol. The Morgan fingerprint density at radius 3 is 2.80 bits per heavy atom. The summed E-state index contributed by atoms with van der Waals surface area (Å²) in [6.45, 7) is 5.90. The van der Waals surface area contributed by atoms with E-state index in [4.69, 9.17) is 5.26 Å². The van der Waals surface area contributed by atoms with Crippen molar-refractivity contribution in [2.75, 3.05) is 13.1 Å². The zero-order valence-corrected chi connectivity index (χ0v) is 12.0. The molecule has 0 aliphatic rings. The standard InChI is InChI=1S/C15H21FN4/c1-3-5-8-19-15(18-4-2)20-11-13-9-12(10-17)6-7-14(13)16/h6-7,9H,3-5,8,11H2,1-2H3,(H2,18,19,20). The van der Waals surface area contributed by atoms with Crippen LogP contribution < -0.4 is 10.6 Å². The minimum Gasteiger partial charge on any atom is -0.357 e. The van der Waals surface area contributed by atoms with Crippen molar-refractivity contribution in [3.05, 3.63) is 35.1 Å². The van der Waals surface area contributed by atoms with Crippen LogP contribution in [0.1, 0.15) is 37.8 Å². The summed E-state index contributed by atoms with van der Waals surface area (Å²) in [6, 6.07) is 6.31. The van der Waals surface area contributed by atoms with Gasteiger partial charge in [0.15, 0.2) is 5.96 Å². The van der Waals surface area contributed by atoms with Gasteiger partial charge in [-0.2, -0.15) is 5.26 Å². The molecule has 0 atom stereocenters. The zero-order valence-electron chi connectivity index (χ0n) is 12.0. The van der Waals surface area contributed by atoms with E-state index in [0.717, 1.165) is 25.9 Å². The molecule has 2 N–H and O–H groups in total. The largest absolute Gasteiger partial charge is 0.357 e. The van der Waals surface area contributed by atoms with Gasteiger partial charge in [0.05, 0.1) is 18.2 Å². The highest BCUT2D eigenvalue weighted by atomic mass is 19.1. The minimum absolute atomic E-state index is 0.211. The molecule has 0 spiro atoms. The van der Waals surface area contributed by atoms with E-state index in [1.807, 2.05) is 13.0 Å². The third-order valence-corrected chi connectivity index (χ3v) is 2.75. The van der Waals surface area contributed by atoms with Crippen LogP contribution in [-0.2, 0) is 6.54 Å². The molecule has 1 rings (SSSR count). The molecule has 108 valence electrons. The molecule has 0 aliphatic carbocycles. The van der Waals surface area contributed by atoms with Crippen LogP contribution in [-0.4, -0.2) is 19.0 Å². The van der Waals surface area contributed by atoms with E-state index >= 15 is 0 Å². The van der Waals surface area contributed by atoms with E-state index in [0.29, 0.717) is 17.1 Å². The molecule has 20 heavy (non-hydrogen) atoms. The molecule has 0 aliphatic heterocycles. The quantitative estimate of drug-likeness (QED) is 0.477. The number of unbranched alkanes of at least 4 members (excludes halogenated alkanes) is 1. The van der Waals surface area contributed by atoms with Crippen LogP contribution >= 0.6 is 0 Å². The first-order chi connectivity index (χ1) is 9.71. The van der Waals surface area contributed by atoms with Crippen LogP contribution in [0.4, 0.5) is 4.39 Å². The van der Waals surface area contributed by atoms with E-state index < -0.39 is 0 Å². The van der Waals surface area contributed by atoms with Gasteiger partial charge in [-0.15, -0.1) is 0 Å². The van der Waals surface area contributed by atoms with Gasteiger partial charge < -0.3 is 10.6 Å². The summed E-state index contributed by atoms with van der Waals surface area (Å²) in [7, 11) is 0. The predicted octanol–water partition coefficient (Wildman–Crippen LogP) is 2.55. The van der Waals surface area contributed by atoms with Gasteiger partial charge in [0.25, 0.3) is 0 Å². The molecule has 0 fully saturated rings. The van der Waals surface area contributed by atoms with Gasteiger partial charge >= 0.3 is 0 Å². The van der Waals surface area contributed by atoms with Gasteiger partial charge in [-0.25, -0.2) is 9.38 Å². The summed E-state index contributed by atoms with van der Waals surface area (Å²) in [5, 5.41) is 15.1. The van der Waals surface area contributed by atoms with Crippen LogP contribution in [0.25, 0.3) is 0 Å². The lowest BCUT2D eigenvalue weighted by molar-refractivity contribution is 0.610. The SMILES string of the molecule is CCCCNC(=NCc1cc(C#N)ccc1F)NCC. The lowest BCUT2D eigenvalue weighted by Gasteiger charge is -2.11. The predicted molar refractivity (Wildman–Crippen MR) is 78.8 cm³/mol. The van der Waals surface area contributed by atoms with Gasteiger partial charge in [-0.05, 0) is 31.5 Å². The fraction of sp³-hybridized carbons (Fsp3) is 0.467. The molecule has 4 nitrogen and oxygen atoms in total. The number of benzene rings is 1. The number of hydrogen-bond acceptors (Lipinski definition) is 2. The summed E-state index contributed by atoms with van der Waals surface area (Å²) in [6.07, 6.45) is 2.16. The van der Waals surface area contributed by atoms with E-state index in [1.165, 1.54) is 18.2 Å². The van der Waals surface area contributed by atoms with E-state index in [2.05, 4.69) is 22.5 Å². The summed E-state index contributed by atoms with van der Waals surface area (Å²) in [5.74, 6) is 0.333. The Hall–Kier alpha value is -2.09. The lowest BCUT2D eigenvalue weighted by atomic mass is 10.1. The molecule has 5 heteroatoms. The molecule has 1 aromatic rings. The average Bonchev–Trinajstić information content (AvgIpc) is 2.46. The van der Waals surface area contributed by atoms with Crippen molar-refractivity contribution in [3.8, 4) is 6.07 Å². The molecule has 0 aromatic heterocycles. The van der Waals surface area contributed by atoms with E-state index in [1.54, 1.807) is 0 Å². The molecule has 0 radical (unpaired) electrons. The fourth-order valence-electron chi connectivity index (χ4n) is 1.65. The van der Waals surface area contributed by atoms with Crippen molar-refractivity contribution in [1.82, 2.24) is 10.6 Å². The molecule has 0 saturated heterocycles. The van der Waals surface area contributed by atoms with Crippen LogP contribution in [0.2, 0.25) is 0 Å². The van der Waals surface area contributed by atoms with Crippen molar-refractivity contribution >= 4 is 5.96 Å². The Labute approximate surface area is 119 Å². The summed E-state index contributed by atoms with van der Waals surface area (Å²) in [5.41, 5.74) is 0.872. The van der Waals surface area contributed by atoms with Gasteiger partial charge in [-0.3, -0.25) is 0 Å². The van der Waals surface area contributed by atoms with Crippen molar-refractivity contribution < 1.29 is 4.39 Å². The topological polar surface area (TPSA) is 60.2 Å². The number of nitrogens with one attached hydrogen (secondary N) is 2. The zero-order chi connectivity index (χ0) is 14.8. The number of aliphatic imine (C=N–C) groups is 1. The van der Waals surface area contributed by atoms with Crippen LogP contribution in [0, 0.1) is 17.1 Å². The number of hydrogen-bond donors (Lipinski definition) is 2. The second-order valence-electron chi connectivity index (χ2n) is 4.39. The molecule has 0 saturated carbocycles. The second-order valence-corrected chi connectivity index (χ2v) is 4.39. The maximum atomic E-state index is 13.6. The molecule has 0 bridgehead atoms. The normalized spacial score (nSPS) is 11.0. The highest BCUT2D eigenvalue weighted by Crippen LogP contribution is 2.11. The van der Waals surface area contributed by atoms with Crippen molar-refractivity contribution in [2.45, 2.75) is 33.2 Å². The highest BCUT2D eigenvalue weighted by Gasteiger charge is 2.04. The minimum atomic E-state index is -0.336. The Morgan fingerprint density at radius 1 is 1.35 bits per heavy atom. The number of rotatable bonds is 6. The summed E-state index contributed by atoms with van der Waals surface area (Å²) in [4.78, 5) is 4.34. The third kappa shape index (κ3) is 5.27. The van der Waals surface area contributed by atoms with Crippen LogP contribution in [0.3, 0.4) is 0 Å². The van der Waals surface area contributed by atoms with Crippen molar-refractivity contribution in [3.63, 3.8) is 0 Å². The first-order valence-corrected chi connectivity index (χ1v) is 6.92. The van der Waals surface area contributed by atoms with Gasteiger partial charge in [0, 0.05) is 18.7 Å². The monoisotopic (exact) mass is 276 g/mol. The van der Waals surface area contributed by atoms with Crippen LogP contribution in [0.5, 0.6) is 0 Å². The third-order valence-electron chi connectivity index (χ3n) is 2.75.